The fraction of sp³-hybridized carbons (Fsp3) is 0.688. The predicted molar refractivity (Wildman–Crippen MR) is 85.7 cm³/mol. The first-order valence-electron chi connectivity index (χ1n) is 8.23. The second kappa shape index (κ2) is 6.60. The molecule has 0 spiro atoms. The van der Waals surface area contributed by atoms with Crippen molar-refractivity contribution in [3.63, 3.8) is 0 Å². The van der Waals surface area contributed by atoms with Gasteiger partial charge in [0, 0.05) is 50.6 Å². The van der Waals surface area contributed by atoms with Crippen molar-refractivity contribution in [1.29, 1.82) is 0 Å². The number of nitrogens with one attached hydrogen (secondary N) is 1. The molecular weight excluding hydrogens is 278 g/mol. The highest BCUT2D eigenvalue weighted by atomic mass is 16.1. The minimum atomic E-state index is 0.135. The monoisotopic (exact) mass is 303 g/mol. The van der Waals surface area contributed by atoms with Crippen molar-refractivity contribution in [3.8, 4) is 0 Å². The zero-order valence-corrected chi connectivity index (χ0v) is 13.5. The van der Waals surface area contributed by atoms with Crippen molar-refractivity contribution >= 4 is 11.7 Å². The van der Waals surface area contributed by atoms with E-state index in [1.54, 1.807) is 6.33 Å². The Morgan fingerprint density at radius 2 is 2.27 bits per heavy atom. The normalized spacial score (nSPS) is 22.3. The van der Waals surface area contributed by atoms with Gasteiger partial charge in [0.15, 0.2) is 0 Å². The summed E-state index contributed by atoms with van der Waals surface area (Å²) in [5.41, 5.74) is 2.45. The molecule has 3 rings (SSSR count). The van der Waals surface area contributed by atoms with Gasteiger partial charge in [-0.05, 0) is 19.9 Å². The Bertz CT molecular complexity index is 547. The molecule has 0 bridgehead atoms. The van der Waals surface area contributed by atoms with Crippen LogP contribution in [0.3, 0.4) is 0 Å². The van der Waals surface area contributed by atoms with Crippen LogP contribution in [0.5, 0.6) is 0 Å². The van der Waals surface area contributed by atoms with Crippen molar-refractivity contribution in [2.75, 3.05) is 31.6 Å². The van der Waals surface area contributed by atoms with Gasteiger partial charge in [-0.15, -0.1) is 0 Å². The Labute approximate surface area is 131 Å². The number of fused-ring (bicyclic) bond motifs is 1. The van der Waals surface area contributed by atoms with Crippen LogP contribution in [0.25, 0.3) is 0 Å². The van der Waals surface area contributed by atoms with Crippen LogP contribution in [-0.4, -0.2) is 53.5 Å². The SMILES string of the molecule is CCC(=O)NC1CCCN(c2ncnc3c2CN(C)CC3)C1. The number of nitrogens with zero attached hydrogens (tertiary/aromatic N) is 4. The van der Waals surface area contributed by atoms with Crippen molar-refractivity contribution in [2.24, 2.45) is 0 Å². The second-order valence-corrected chi connectivity index (χ2v) is 6.32. The van der Waals surface area contributed by atoms with E-state index in [1.165, 1.54) is 11.3 Å². The molecule has 1 aromatic heterocycles. The Hall–Kier alpha value is -1.69. The molecule has 3 heterocycles. The number of piperidine rings is 1. The summed E-state index contributed by atoms with van der Waals surface area (Å²) in [6, 6.07) is 0.230. The minimum Gasteiger partial charge on any atom is -0.354 e. The lowest BCUT2D eigenvalue weighted by Crippen LogP contribution is -2.48. The molecule has 1 unspecified atom stereocenters. The molecule has 0 radical (unpaired) electrons. The summed E-state index contributed by atoms with van der Waals surface area (Å²) in [4.78, 5) is 25.3. The molecule has 6 nitrogen and oxygen atoms in total. The number of carbonyl (C=O) groups excluding carboxylic acids is 1. The predicted octanol–water partition coefficient (Wildman–Crippen LogP) is 0.959. The molecule has 1 aromatic rings. The van der Waals surface area contributed by atoms with Gasteiger partial charge in [0.05, 0.1) is 5.69 Å². The maximum absolute atomic E-state index is 11.6. The summed E-state index contributed by atoms with van der Waals surface area (Å²) in [7, 11) is 2.14. The molecule has 1 atom stereocenters. The maximum atomic E-state index is 11.6. The fourth-order valence-corrected chi connectivity index (χ4v) is 3.35. The second-order valence-electron chi connectivity index (χ2n) is 6.32. The summed E-state index contributed by atoms with van der Waals surface area (Å²) in [5, 5.41) is 3.12. The molecule has 120 valence electrons. The van der Waals surface area contributed by atoms with Crippen molar-refractivity contribution in [3.05, 3.63) is 17.6 Å². The van der Waals surface area contributed by atoms with Gasteiger partial charge in [-0.3, -0.25) is 4.79 Å². The highest BCUT2D eigenvalue weighted by Crippen LogP contribution is 2.27. The number of aromatic nitrogens is 2. The van der Waals surface area contributed by atoms with Gasteiger partial charge < -0.3 is 15.1 Å². The molecule has 6 heteroatoms. The molecule has 1 N–H and O–H groups in total. The maximum Gasteiger partial charge on any atom is 0.219 e. The van der Waals surface area contributed by atoms with Crippen LogP contribution in [0.4, 0.5) is 5.82 Å². The molecule has 0 aromatic carbocycles. The van der Waals surface area contributed by atoms with Gasteiger partial charge >= 0.3 is 0 Å². The number of likely N-dealkylation sites (N-methyl/N-ethyl adjacent to an activating group) is 1. The number of anilines is 1. The summed E-state index contributed by atoms with van der Waals surface area (Å²) < 4.78 is 0. The summed E-state index contributed by atoms with van der Waals surface area (Å²) in [6.45, 7) is 5.71. The topological polar surface area (TPSA) is 61.4 Å². The largest absolute Gasteiger partial charge is 0.354 e. The Morgan fingerprint density at radius 1 is 1.41 bits per heavy atom. The average Bonchev–Trinajstić information content (AvgIpc) is 2.54. The smallest absolute Gasteiger partial charge is 0.219 e. The van der Waals surface area contributed by atoms with Crippen LogP contribution in [0, 0.1) is 0 Å². The highest BCUT2D eigenvalue weighted by Gasteiger charge is 2.26. The molecule has 0 saturated carbocycles. The van der Waals surface area contributed by atoms with E-state index < -0.39 is 0 Å². The third-order valence-corrected chi connectivity index (χ3v) is 4.58. The number of carbonyl (C=O) groups is 1. The van der Waals surface area contributed by atoms with Gasteiger partial charge in [0.2, 0.25) is 5.91 Å². The van der Waals surface area contributed by atoms with Crippen LogP contribution in [0.1, 0.15) is 37.4 Å². The number of rotatable bonds is 3. The standard InChI is InChI=1S/C16H25N5O/c1-3-15(22)19-12-5-4-7-21(9-12)16-13-10-20(2)8-6-14(13)17-11-18-16/h11-12H,3-10H2,1-2H3,(H,19,22). The lowest BCUT2D eigenvalue weighted by molar-refractivity contribution is -0.121. The zero-order chi connectivity index (χ0) is 15.5. The quantitative estimate of drug-likeness (QED) is 0.901. The Balaban J connectivity index is 1.77. The molecule has 1 saturated heterocycles. The van der Waals surface area contributed by atoms with Gasteiger partial charge in [-0.25, -0.2) is 9.97 Å². The van der Waals surface area contributed by atoms with Crippen LogP contribution in [0.15, 0.2) is 6.33 Å². The molecule has 1 fully saturated rings. The van der Waals surface area contributed by atoms with E-state index in [1.807, 2.05) is 6.92 Å². The van der Waals surface area contributed by atoms with Gasteiger partial charge in [0.1, 0.15) is 12.1 Å². The first kappa shape index (κ1) is 15.2. The van der Waals surface area contributed by atoms with E-state index in [0.29, 0.717) is 6.42 Å². The summed E-state index contributed by atoms with van der Waals surface area (Å²) in [5.74, 6) is 1.20. The van der Waals surface area contributed by atoms with Gasteiger partial charge in [-0.2, -0.15) is 0 Å². The molecule has 2 aliphatic rings. The lowest BCUT2D eigenvalue weighted by Gasteiger charge is -2.36. The molecular formula is C16H25N5O. The van der Waals surface area contributed by atoms with Crippen molar-refractivity contribution in [2.45, 2.75) is 45.2 Å². The summed E-state index contributed by atoms with van der Waals surface area (Å²) >= 11 is 0. The number of amides is 1. The van der Waals surface area contributed by atoms with Crippen molar-refractivity contribution in [1.82, 2.24) is 20.2 Å². The van der Waals surface area contributed by atoms with Crippen LogP contribution >= 0.6 is 0 Å². The lowest BCUT2D eigenvalue weighted by atomic mass is 10.0. The third kappa shape index (κ3) is 3.21. The van der Waals surface area contributed by atoms with Gasteiger partial charge in [-0.1, -0.05) is 6.92 Å². The molecule has 1 amide bonds. The highest BCUT2D eigenvalue weighted by molar-refractivity contribution is 5.76. The van der Waals surface area contributed by atoms with Crippen LogP contribution in [0.2, 0.25) is 0 Å². The number of hydrogen-bond donors (Lipinski definition) is 1. The first-order chi connectivity index (χ1) is 10.7. The van der Waals surface area contributed by atoms with Crippen LogP contribution < -0.4 is 10.2 Å². The molecule has 0 aliphatic carbocycles. The summed E-state index contributed by atoms with van der Waals surface area (Å²) in [6.07, 6.45) is 5.36. The van der Waals surface area contributed by atoms with E-state index in [4.69, 9.17) is 0 Å². The average molecular weight is 303 g/mol. The fourth-order valence-electron chi connectivity index (χ4n) is 3.35. The van der Waals surface area contributed by atoms with E-state index in [9.17, 15) is 4.79 Å². The Morgan fingerprint density at radius 3 is 3.09 bits per heavy atom. The molecule has 2 aliphatic heterocycles. The molecule has 22 heavy (non-hydrogen) atoms. The van der Waals surface area contributed by atoms with Gasteiger partial charge in [0.25, 0.3) is 0 Å². The van der Waals surface area contributed by atoms with E-state index in [2.05, 4.69) is 32.1 Å². The van der Waals surface area contributed by atoms with E-state index in [0.717, 1.165) is 51.3 Å². The van der Waals surface area contributed by atoms with Crippen molar-refractivity contribution < 1.29 is 4.79 Å². The third-order valence-electron chi connectivity index (χ3n) is 4.58. The minimum absolute atomic E-state index is 0.135. The Kier molecular flexibility index (Phi) is 4.57. The van der Waals surface area contributed by atoms with E-state index >= 15 is 0 Å². The van der Waals surface area contributed by atoms with E-state index in [-0.39, 0.29) is 11.9 Å². The number of hydrogen-bond acceptors (Lipinski definition) is 5. The van der Waals surface area contributed by atoms with Crippen LogP contribution in [-0.2, 0) is 17.8 Å². The zero-order valence-electron chi connectivity index (χ0n) is 13.5. The first-order valence-corrected chi connectivity index (χ1v) is 8.23.